The minimum absolute atomic E-state index is 0.0337. The van der Waals surface area contributed by atoms with E-state index in [0.29, 0.717) is 11.5 Å². The number of aryl methyl sites for hydroxylation is 1. The van der Waals surface area contributed by atoms with Crippen molar-refractivity contribution in [2.24, 2.45) is 0 Å². The normalized spacial score (nSPS) is 10.1. The quantitative estimate of drug-likeness (QED) is 0.707. The molecule has 6 nitrogen and oxygen atoms in total. The summed E-state index contributed by atoms with van der Waals surface area (Å²) < 4.78 is 24.1. The van der Waals surface area contributed by atoms with E-state index in [-0.39, 0.29) is 31.2 Å². The Morgan fingerprint density at radius 1 is 1.04 bits per heavy atom. The number of carbonyl (C=O) groups is 2. The Hall–Kier alpha value is -3.09. The van der Waals surface area contributed by atoms with Gasteiger partial charge in [-0.1, -0.05) is 18.2 Å². The van der Waals surface area contributed by atoms with E-state index in [2.05, 4.69) is 10.6 Å². The third-order valence-electron chi connectivity index (χ3n) is 3.53. The van der Waals surface area contributed by atoms with Crippen molar-refractivity contribution in [3.63, 3.8) is 0 Å². The predicted molar refractivity (Wildman–Crippen MR) is 95.0 cm³/mol. The maximum atomic E-state index is 13.5. The molecule has 0 saturated heterocycles. The molecule has 2 rings (SSSR count). The molecular weight excluding hydrogens is 339 g/mol. The number of methoxy groups -OCH3 is 1. The number of carbonyl (C=O) groups excluding carboxylic acids is 2. The van der Waals surface area contributed by atoms with Crippen LogP contribution in [0.4, 0.5) is 4.39 Å². The van der Waals surface area contributed by atoms with Crippen LogP contribution in [0.2, 0.25) is 0 Å². The van der Waals surface area contributed by atoms with Crippen molar-refractivity contribution in [2.45, 2.75) is 6.92 Å². The van der Waals surface area contributed by atoms with Gasteiger partial charge in [-0.25, -0.2) is 4.39 Å². The second kappa shape index (κ2) is 9.41. The summed E-state index contributed by atoms with van der Waals surface area (Å²) in [6.45, 7) is 2.12. The molecule has 26 heavy (non-hydrogen) atoms. The first kappa shape index (κ1) is 19.2. The Morgan fingerprint density at radius 2 is 1.77 bits per heavy atom. The Balaban J connectivity index is 1.71. The van der Waals surface area contributed by atoms with Crippen LogP contribution in [0.15, 0.2) is 42.5 Å². The molecule has 0 saturated carbocycles. The molecule has 0 heterocycles. The number of ether oxygens (including phenoxy) is 2. The first-order valence-electron chi connectivity index (χ1n) is 8.08. The highest BCUT2D eigenvalue weighted by molar-refractivity contribution is 5.94. The zero-order chi connectivity index (χ0) is 18.9. The fourth-order valence-corrected chi connectivity index (χ4v) is 2.21. The zero-order valence-corrected chi connectivity index (χ0v) is 14.7. The minimum Gasteiger partial charge on any atom is -0.493 e. The molecule has 0 radical (unpaired) electrons. The number of rotatable bonds is 8. The molecule has 2 amide bonds. The number of benzene rings is 2. The highest BCUT2D eigenvalue weighted by atomic mass is 19.1. The predicted octanol–water partition coefficient (Wildman–Crippen LogP) is 2.07. The van der Waals surface area contributed by atoms with E-state index in [9.17, 15) is 14.0 Å². The van der Waals surface area contributed by atoms with Gasteiger partial charge in [-0.15, -0.1) is 0 Å². The molecule has 2 aromatic rings. The van der Waals surface area contributed by atoms with Gasteiger partial charge >= 0.3 is 0 Å². The largest absolute Gasteiger partial charge is 0.493 e. The van der Waals surface area contributed by atoms with Gasteiger partial charge in [0.1, 0.15) is 5.82 Å². The van der Waals surface area contributed by atoms with E-state index >= 15 is 0 Å². The number of hydrogen-bond acceptors (Lipinski definition) is 4. The molecule has 2 aromatic carbocycles. The van der Waals surface area contributed by atoms with Gasteiger partial charge in [-0.05, 0) is 36.8 Å². The van der Waals surface area contributed by atoms with Gasteiger partial charge in [0.2, 0.25) is 0 Å². The molecule has 0 bridgehead atoms. The molecule has 7 heteroatoms. The maximum absolute atomic E-state index is 13.5. The lowest BCUT2D eigenvalue weighted by Crippen LogP contribution is -2.37. The number of amides is 2. The summed E-state index contributed by atoms with van der Waals surface area (Å²) in [6.07, 6.45) is 0. The molecule has 0 aromatic heterocycles. The van der Waals surface area contributed by atoms with Crippen LogP contribution in [0, 0.1) is 12.7 Å². The summed E-state index contributed by atoms with van der Waals surface area (Å²) in [4.78, 5) is 23.6. The Labute approximate surface area is 151 Å². The van der Waals surface area contributed by atoms with Crippen LogP contribution >= 0.6 is 0 Å². The average Bonchev–Trinajstić information content (AvgIpc) is 2.64. The molecule has 2 N–H and O–H groups in total. The Bertz CT molecular complexity index is 780. The van der Waals surface area contributed by atoms with Crippen LogP contribution in [-0.2, 0) is 4.79 Å². The summed E-state index contributed by atoms with van der Waals surface area (Å²) in [6, 6.07) is 11.1. The average molecular weight is 360 g/mol. The van der Waals surface area contributed by atoms with Crippen LogP contribution in [0.1, 0.15) is 15.9 Å². The Morgan fingerprint density at radius 3 is 2.50 bits per heavy atom. The second-order valence-corrected chi connectivity index (χ2v) is 5.53. The monoisotopic (exact) mass is 360 g/mol. The van der Waals surface area contributed by atoms with E-state index in [1.165, 1.54) is 25.3 Å². The third-order valence-corrected chi connectivity index (χ3v) is 3.53. The first-order valence-corrected chi connectivity index (χ1v) is 8.08. The summed E-state index contributed by atoms with van der Waals surface area (Å²) in [5.41, 5.74) is 0.984. The van der Waals surface area contributed by atoms with Crippen LogP contribution in [0.25, 0.3) is 0 Å². The number of hydrogen-bond donors (Lipinski definition) is 2. The van der Waals surface area contributed by atoms with Crippen LogP contribution in [0.5, 0.6) is 11.5 Å². The smallest absolute Gasteiger partial charge is 0.258 e. The second-order valence-electron chi connectivity index (χ2n) is 5.53. The van der Waals surface area contributed by atoms with E-state index in [4.69, 9.17) is 9.47 Å². The number of nitrogens with one attached hydrogen (secondary N) is 2. The standard InChI is InChI=1S/C19H21FN2O4/c1-13-7-8-16(17(11-13)25-2)26-12-18(23)21-9-10-22-19(24)14-5-3-4-6-15(14)20/h3-8,11H,9-10,12H2,1-2H3,(H,21,23)(H,22,24). The molecule has 0 unspecified atom stereocenters. The first-order chi connectivity index (χ1) is 12.5. The molecule has 0 atom stereocenters. The van der Waals surface area contributed by atoms with Gasteiger partial charge in [0.05, 0.1) is 12.7 Å². The van der Waals surface area contributed by atoms with Gasteiger partial charge in [0.25, 0.3) is 11.8 Å². The van der Waals surface area contributed by atoms with E-state index < -0.39 is 11.7 Å². The SMILES string of the molecule is COc1cc(C)ccc1OCC(=O)NCCNC(=O)c1ccccc1F. The molecular formula is C19H21FN2O4. The third kappa shape index (κ3) is 5.47. The van der Waals surface area contributed by atoms with Crippen molar-refractivity contribution in [3.05, 3.63) is 59.4 Å². The zero-order valence-electron chi connectivity index (χ0n) is 14.7. The van der Waals surface area contributed by atoms with Crippen molar-refractivity contribution in [1.29, 1.82) is 0 Å². The fraction of sp³-hybridized carbons (Fsp3) is 0.263. The summed E-state index contributed by atoms with van der Waals surface area (Å²) in [5, 5.41) is 5.15. The van der Waals surface area contributed by atoms with Crippen LogP contribution < -0.4 is 20.1 Å². The molecule has 0 fully saturated rings. The topological polar surface area (TPSA) is 76.7 Å². The van der Waals surface area contributed by atoms with Crippen molar-refractivity contribution in [2.75, 3.05) is 26.8 Å². The maximum Gasteiger partial charge on any atom is 0.258 e. The van der Waals surface area contributed by atoms with Crippen molar-refractivity contribution >= 4 is 11.8 Å². The molecule has 0 aliphatic heterocycles. The highest BCUT2D eigenvalue weighted by Crippen LogP contribution is 2.27. The van der Waals surface area contributed by atoms with Crippen LogP contribution in [0.3, 0.4) is 0 Å². The van der Waals surface area contributed by atoms with Crippen LogP contribution in [-0.4, -0.2) is 38.6 Å². The lowest BCUT2D eigenvalue weighted by atomic mass is 10.2. The molecule has 0 aliphatic carbocycles. The summed E-state index contributed by atoms with van der Waals surface area (Å²) >= 11 is 0. The Kier molecular flexibility index (Phi) is 6.96. The van der Waals surface area contributed by atoms with Crippen molar-refractivity contribution < 1.29 is 23.5 Å². The van der Waals surface area contributed by atoms with E-state index in [1.807, 2.05) is 19.1 Å². The molecule has 0 spiro atoms. The number of halogens is 1. The minimum atomic E-state index is -0.588. The van der Waals surface area contributed by atoms with Crippen molar-refractivity contribution in [1.82, 2.24) is 10.6 Å². The lowest BCUT2D eigenvalue weighted by Gasteiger charge is -2.11. The van der Waals surface area contributed by atoms with Gasteiger partial charge in [0, 0.05) is 13.1 Å². The fourth-order valence-electron chi connectivity index (χ4n) is 2.21. The van der Waals surface area contributed by atoms with Crippen molar-refractivity contribution in [3.8, 4) is 11.5 Å². The van der Waals surface area contributed by atoms with Gasteiger partial charge in [-0.2, -0.15) is 0 Å². The van der Waals surface area contributed by atoms with E-state index in [1.54, 1.807) is 12.1 Å². The van der Waals surface area contributed by atoms with E-state index in [0.717, 1.165) is 5.56 Å². The molecule has 138 valence electrons. The highest BCUT2D eigenvalue weighted by Gasteiger charge is 2.10. The molecule has 0 aliphatic rings. The van der Waals surface area contributed by atoms with Gasteiger partial charge in [-0.3, -0.25) is 9.59 Å². The van der Waals surface area contributed by atoms with Gasteiger partial charge in [0.15, 0.2) is 18.1 Å². The van der Waals surface area contributed by atoms with Gasteiger partial charge < -0.3 is 20.1 Å². The lowest BCUT2D eigenvalue weighted by molar-refractivity contribution is -0.123. The summed E-state index contributed by atoms with van der Waals surface area (Å²) in [7, 11) is 1.53. The summed E-state index contributed by atoms with van der Waals surface area (Å²) in [5.74, 6) is -0.434.